The summed E-state index contributed by atoms with van der Waals surface area (Å²) in [5.74, 6) is 1.03. The van der Waals surface area contributed by atoms with E-state index in [1.54, 1.807) is 0 Å². The van der Waals surface area contributed by atoms with Gasteiger partial charge in [-0.2, -0.15) is 0 Å². The van der Waals surface area contributed by atoms with Crippen molar-refractivity contribution in [3.05, 3.63) is 71.8 Å². The summed E-state index contributed by atoms with van der Waals surface area (Å²) in [4.78, 5) is 11.4. The van der Waals surface area contributed by atoms with E-state index in [1.807, 2.05) is 18.6 Å². The second-order valence-corrected chi connectivity index (χ2v) is 7.17. The van der Waals surface area contributed by atoms with E-state index in [1.165, 1.54) is 22.3 Å². The maximum Gasteiger partial charge on any atom is 0.140 e. The molecule has 0 unspecified atom stereocenters. The molecule has 1 aromatic carbocycles. The molecule has 3 aromatic rings. The Morgan fingerprint density at radius 1 is 1.04 bits per heavy atom. The van der Waals surface area contributed by atoms with Crippen molar-refractivity contribution in [3.63, 3.8) is 0 Å². The highest BCUT2D eigenvalue weighted by Crippen LogP contribution is 2.28. The number of hydrogen-bond acceptors (Lipinski definition) is 4. The van der Waals surface area contributed by atoms with Gasteiger partial charge in [-0.1, -0.05) is 17.7 Å². The van der Waals surface area contributed by atoms with Gasteiger partial charge in [0.15, 0.2) is 0 Å². The number of nitrogens with zero attached hydrogens (tertiary/aromatic N) is 4. The van der Waals surface area contributed by atoms with E-state index >= 15 is 0 Å². The summed E-state index contributed by atoms with van der Waals surface area (Å²) in [6, 6.07) is 11.1. The number of morpholine rings is 1. The summed E-state index contributed by atoms with van der Waals surface area (Å²) in [7, 11) is 0. The molecule has 0 spiro atoms. The molecule has 1 saturated heterocycles. The highest BCUT2D eigenvalue weighted by molar-refractivity contribution is 5.61. The molecule has 1 atom stereocenters. The maximum atomic E-state index is 5.57. The van der Waals surface area contributed by atoms with E-state index in [4.69, 9.17) is 4.74 Å². The van der Waals surface area contributed by atoms with Crippen LogP contribution in [0.2, 0.25) is 0 Å². The normalized spacial score (nSPS) is 16.4. The van der Waals surface area contributed by atoms with Crippen molar-refractivity contribution in [2.45, 2.75) is 26.4 Å². The predicted octanol–water partition coefficient (Wildman–Crippen LogP) is 3.64. The SMILES string of the molecule is Cc1ccc(C)c(-c2nccn2C[C@@H](c2ccncc2)N2CCOCC2)c1. The molecule has 1 aliphatic rings. The molecule has 3 heterocycles. The molecule has 27 heavy (non-hydrogen) atoms. The first-order chi connectivity index (χ1) is 13.2. The minimum atomic E-state index is 0.273. The fraction of sp³-hybridized carbons (Fsp3) is 0.364. The summed E-state index contributed by atoms with van der Waals surface area (Å²) in [6.07, 6.45) is 7.75. The van der Waals surface area contributed by atoms with E-state index in [9.17, 15) is 0 Å². The van der Waals surface area contributed by atoms with Crippen LogP contribution in [0.4, 0.5) is 0 Å². The second kappa shape index (κ2) is 8.03. The summed E-state index contributed by atoms with van der Waals surface area (Å²) in [5, 5.41) is 0. The summed E-state index contributed by atoms with van der Waals surface area (Å²) >= 11 is 0. The van der Waals surface area contributed by atoms with Crippen molar-refractivity contribution in [2.24, 2.45) is 0 Å². The first kappa shape index (κ1) is 17.9. The van der Waals surface area contributed by atoms with Gasteiger partial charge in [-0.25, -0.2) is 4.98 Å². The monoisotopic (exact) mass is 362 g/mol. The third-order valence-corrected chi connectivity index (χ3v) is 5.30. The Bertz CT molecular complexity index is 884. The van der Waals surface area contributed by atoms with Gasteiger partial charge in [-0.3, -0.25) is 9.88 Å². The number of benzene rings is 1. The number of aromatic nitrogens is 3. The number of pyridine rings is 1. The van der Waals surface area contributed by atoms with Crippen LogP contribution in [0.25, 0.3) is 11.4 Å². The number of imidazole rings is 1. The van der Waals surface area contributed by atoms with Crippen LogP contribution in [0, 0.1) is 13.8 Å². The van der Waals surface area contributed by atoms with Gasteiger partial charge in [-0.05, 0) is 43.2 Å². The number of rotatable bonds is 5. The molecule has 0 N–H and O–H groups in total. The quantitative estimate of drug-likeness (QED) is 0.695. The molecule has 2 aromatic heterocycles. The van der Waals surface area contributed by atoms with Crippen LogP contribution in [0.3, 0.4) is 0 Å². The van der Waals surface area contributed by atoms with Crippen molar-refractivity contribution >= 4 is 0 Å². The van der Waals surface area contributed by atoms with Crippen LogP contribution in [0.5, 0.6) is 0 Å². The molecule has 1 fully saturated rings. The second-order valence-electron chi connectivity index (χ2n) is 7.17. The highest BCUT2D eigenvalue weighted by Gasteiger charge is 2.24. The summed E-state index contributed by atoms with van der Waals surface area (Å²) < 4.78 is 7.85. The summed E-state index contributed by atoms with van der Waals surface area (Å²) in [5.41, 5.74) is 4.99. The van der Waals surface area contributed by atoms with E-state index in [0.29, 0.717) is 0 Å². The average molecular weight is 362 g/mol. The Labute approximate surface area is 160 Å². The first-order valence-electron chi connectivity index (χ1n) is 9.53. The Balaban J connectivity index is 1.68. The van der Waals surface area contributed by atoms with Crippen LogP contribution >= 0.6 is 0 Å². The van der Waals surface area contributed by atoms with Crippen LogP contribution in [0.15, 0.2) is 55.1 Å². The van der Waals surface area contributed by atoms with E-state index in [2.05, 4.69) is 69.8 Å². The van der Waals surface area contributed by atoms with Crippen LogP contribution in [-0.4, -0.2) is 45.7 Å². The summed E-state index contributed by atoms with van der Waals surface area (Å²) in [6.45, 7) is 8.60. The molecule has 0 saturated carbocycles. The molecule has 0 bridgehead atoms. The van der Waals surface area contributed by atoms with Gasteiger partial charge in [0.2, 0.25) is 0 Å². The lowest BCUT2D eigenvalue weighted by atomic mass is 10.0. The van der Waals surface area contributed by atoms with Crippen molar-refractivity contribution in [2.75, 3.05) is 26.3 Å². The van der Waals surface area contributed by atoms with Crippen molar-refractivity contribution in [1.82, 2.24) is 19.4 Å². The van der Waals surface area contributed by atoms with Crippen molar-refractivity contribution < 1.29 is 4.74 Å². The molecule has 0 aliphatic carbocycles. The zero-order valence-corrected chi connectivity index (χ0v) is 16.0. The molecule has 5 heteroatoms. The fourth-order valence-electron chi connectivity index (χ4n) is 3.77. The minimum absolute atomic E-state index is 0.273. The Hall–Kier alpha value is -2.50. The smallest absolute Gasteiger partial charge is 0.140 e. The predicted molar refractivity (Wildman–Crippen MR) is 107 cm³/mol. The molecule has 0 radical (unpaired) electrons. The zero-order chi connectivity index (χ0) is 18.6. The van der Waals surface area contributed by atoms with E-state index < -0.39 is 0 Å². The van der Waals surface area contributed by atoms with Crippen LogP contribution in [-0.2, 0) is 11.3 Å². The van der Waals surface area contributed by atoms with Crippen LogP contribution < -0.4 is 0 Å². The Morgan fingerprint density at radius 3 is 2.59 bits per heavy atom. The molecule has 5 nitrogen and oxygen atoms in total. The number of hydrogen-bond donors (Lipinski definition) is 0. The third kappa shape index (κ3) is 3.94. The standard InChI is InChI=1S/C22H26N4O/c1-17-3-4-18(2)20(15-17)22-24-9-10-26(22)16-21(19-5-7-23-8-6-19)25-11-13-27-14-12-25/h3-10,15,21H,11-14,16H2,1-2H3/t21-/m0/s1. The Kier molecular flexibility index (Phi) is 5.32. The largest absolute Gasteiger partial charge is 0.379 e. The Morgan fingerprint density at radius 2 is 1.81 bits per heavy atom. The van der Waals surface area contributed by atoms with Gasteiger partial charge in [0.25, 0.3) is 0 Å². The van der Waals surface area contributed by atoms with Crippen LogP contribution in [0.1, 0.15) is 22.7 Å². The fourth-order valence-corrected chi connectivity index (χ4v) is 3.77. The van der Waals surface area contributed by atoms with Crippen molar-refractivity contribution in [3.8, 4) is 11.4 Å². The van der Waals surface area contributed by atoms with E-state index in [0.717, 1.165) is 38.7 Å². The van der Waals surface area contributed by atoms with Crippen molar-refractivity contribution in [1.29, 1.82) is 0 Å². The van der Waals surface area contributed by atoms with Gasteiger partial charge in [0, 0.05) is 50.0 Å². The number of aryl methyl sites for hydroxylation is 2. The van der Waals surface area contributed by atoms with Gasteiger partial charge in [-0.15, -0.1) is 0 Å². The lowest BCUT2D eigenvalue weighted by Gasteiger charge is -2.35. The van der Waals surface area contributed by atoms with Gasteiger partial charge >= 0.3 is 0 Å². The third-order valence-electron chi connectivity index (χ3n) is 5.30. The molecular formula is C22H26N4O. The average Bonchev–Trinajstić information content (AvgIpc) is 3.17. The van der Waals surface area contributed by atoms with Gasteiger partial charge in [0.1, 0.15) is 5.82 Å². The van der Waals surface area contributed by atoms with Gasteiger partial charge < -0.3 is 9.30 Å². The molecular weight excluding hydrogens is 336 g/mol. The minimum Gasteiger partial charge on any atom is -0.379 e. The topological polar surface area (TPSA) is 43.2 Å². The van der Waals surface area contributed by atoms with E-state index in [-0.39, 0.29) is 6.04 Å². The zero-order valence-electron chi connectivity index (χ0n) is 16.0. The lowest BCUT2D eigenvalue weighted by molar-refractivity contribution is 0.0124. The highest BCUT2D eigenvalue weighted by atomic mass is 16.5. The first-order valence-corrected chi connectivity index (χ1v) is 9.53. The maximum absolute atomic E-state index is 5.57. The molecule has 0 amide bonds. The lowest BCUT2D eigenvalue weighted by Crippen LogP contribution is -2.40. The molecule has 4 rings (SSSR count). The van der Waals surface area contributed by atoms with Gasteiger partial charge in [0.05, 0.1) is 19.3 Å². The molecule has 140 valence electrons. The molecule has 1 aliphatic heterocycles. The number of ether oxygens (including phenoxy) is 1.